The van der Waals surface area contributed by atoms with Crippen molar-refractivity contribution in [2.24, 2.45) is 5.92 Å². The molecule has 0 bridgehead atoms. The first kappa shape index (κ1) is 12.4. The number of hydrogen-bond acceptors (Lipinski definition) is 3. The third-order valence-corrected chi connectivity index (χ3v) is 1.91. The third kappa shape index (κ3) is 5.64. The number of esters is 1. The number of hydrogen-bond donors (Lipinski definition) is 1. The minimum Gasteiger partial charge on any atom is -0.469 e. The van der Waals surface area contributed by atoms with Crippen LogP contribution in [0.4, 0.5) is 0 Å². The van der Waals surface area contributed by atoms with Gasteiger partial charge in [-0.3, -0.25) is 4.79 Å². The fourth-order valence-corrected chi connectivity index (χ4v) is 0.990. The Kier molecular flexibility index (Phi) is 4.99. The molecule has 13 heavy (non-hydrogen) atoms. The van der Waals surface area contributed by atoms with Crippen LogP contribution in [0, 0.1) is 5.92 Å². The SMILES string of the molecule is CCC(CNC(C)(C)C)C(=O)OC. The fourth-order valence-electron chi connectivity index (χ4n) is 0.990. The second-order valence-electron chi connectivity index (χ2n) is 4.26. The van der Waals surface area contributed by atoms with Crippen LogP contribution in [-0.4, -0.2) is 25.2 Å². The topological polar surface area (TPSA) is 38.3 Å². The van der Waals surface area contributed by atoms with Crippen LogP contribution in [0.15, 0.2) is 0 Å². The van der Waals surface area contributed by atoms with Crippen molar-refractivity contribution in [2.75, 3.05) is 13.7 Å². The molecule has 1 atom stereocenters. The van der Waals surface area contributed by atoms with Crippen LogP contribution in [0.25, 0.3) is 0 Å². The molecule has 0 amide bonds. The molecule has 0 rings (SSSR count). The molecule has 0 aromatic carbocycles. The zero-order chi connectivity index (χ0) is 10.5. The first-order chi connectivity index (χ1) is 5.90. The van der Waals surface area contributed by atoms with E-state index in [1.54, 1.807) is 0 Å². The molecule has 0 aliphatic carbocycles. The summed E-state index contributed by atoms with van der Waals surface area (Å²) in [6, 6.07) is 0. The molecule has 0 aromatic rings. The molecule has 0 aliphatic heterocycles. The molecular formula is C10H21NO2. The predicted octanol–water partition coefficient (Wildman–Crippen LogP) is 1.57. The van der Waals surface area contributed by atoms with Gasteiger partial charge in [-0.2, -0.15) is 0 Å². The molecule has 0 aromatic heterocycles. The lowest BCUT2D eigenvalue weighted by molar-refractivity contribution is -0.145. The van der Waals surface area contributed by atoms with Gasteiger partial charge < -0.3 is 10.1 Å². The smallest absolute Gasteiger partial charge is 0.309 e. The van der Waals surface area contributed by atoms with Crippen molar-refractivity contribution in [2.45, 2.75) is 39.7 Å². The summed E-state index contributed by atoms with van der Waals surface area (Å²) in [7, 11) is 1.43. The minimum atomic E-state index is -0.126. The van der Waals surface area contributed by atoms with Crippen LogP contribution < -0.4 is 5.32 Å². The van der Waals surface area contributed by atoms with Crippen LogP contribution in [-0.2, 0) is 9.53 Å². The summed E-state index contributed by atoms with van der Waals surface area (Å²) in [5.41, 5.74) is 0.0570. The molecule has 78 valence electrons. The highest BCUT2D eigenvalue weighted by atomic mass is 16.5. The fraction of sp³-hybridized carbons (Fsp3) is 0.900. The lowest BCUT2D eigenvalue weighted by Gasteiger charge is -2.23. The monoisotopic (exact) mass is 187 g/mol. The van der Waals surface area contributed by atoms with E-state index >= 15 is 0 Å². The van der Waals surface area contributed by atoms with Crippen molar-refractivity contribution in [1.82, 2.24) is 5.32 Å². The van der Waals surface area contributed by atoms with Gasteiger partial charge in [-0.05, 0) is 27.2 Å². The van der Waals surface area contributed by atoms with Gasteiger partial charge in [0.25, 0.3) is 0 Å². The molecule has 3 nitrogen and oxygen atoms in total. The molecular weight excluding hydrogens is 166 g/mol. The zero-order valence-corrected chi connectivity index (χ0v) is 9.31. The summed E-state index contributed by atoms with van der Waals surface area (Å²) in [4.78, 5) is 11.2. The Labute approximate surface area is 80.8 Å². The van der Waals surface area contributed by atoms with E-state index in [1.165, 1.54) is 7.11 Å². The highest BCUT2D eigenvalue weighted by Gasteiger charge is 2.19. The van der Waals surface area contributed by atoms with Crippen LogP contribution in [0.5, 0.6) is 0 Å². The van der Waals surface area contributed by atoms with Gasteiger partial charge in [0.2, 0.25) is 0 Å². The third-order valence-electron chi connectivity index (χ3n) is 1.91. The van der Waals surface area contributed by atoms with Crippen molar-refractivity contribution >= 4 is 5.97 Å². The Morgan fingerprint density at radius 2 is 2.00 bits per heavy atom. The van der Waals surface area contributed by atoms with Crippen molar-refractivity contribution < 1.29 is 9.53 Å². The van der Waals surface area contributed by atoms with Crippen molar-refractivity contribution in [3.05, 3.63) is 0 Å². The molecule has 1 unspecified atom stereocenters. The van der Waals surface area contributed by atoms with E-state index in [4.69, 9.17) is 0 Å². The molecule has 1 N–H and O–H groups in total. The molecule has 0 saturated carbocycles. The van der Waals surface area contributed by atoms with Crippen LogP contribution in [0.1, 0.15) is 34.1 Å². The highest BCUT2D eigenvalue weighted by Crippen LogP contribution is 2.06. The number of nitrogens with one attached hydrogen (secondary N) is 1. The molecule has 3 heteroatoms. The normalized spacial score (nSPS) is 13.9. The number of carbonyl (C=O) groups is 1. The summed E-state index contributed by atoms with van der Waals surface area (Å²) < 4.78 is 4.69. The number of methoxy groups -OCH3 is 1. The van der Waals surface area contributed by atoms with E-state index in [2.05, 4.69) is 30.8 Å². The maximum atomic E-state index is 11.2. The average molecular weight is 187 g/mol. The molecule has 0 radical (unpaired) electrons. The Bertz CT molecular complexity index is 161. The van der Waals surface area contributed by atoms with Crippen molar-refractivity contribution in [3.63, 3.8) is 0 Å². The Morgan fingerprint density at radius 3 is 2.31 bits per heavy atom. The lowest BCUT2D eigenvalue weighted by atomic mass is 10.0. The number of carbonyl (C=O) groups excluding carboxylic acids is 1. The number of ether oxygens (including phenoxy) is 1. The Balaban J connectivity index is 3.93. The lowest BCUT2D eigenvalue weighted by Crippen LogP contribution is -2.41. The van der Waals surface area contributed by atoms with Crippen molar-refractivity contribution in [1.29, 1.82) is 0 Å². The van der Waals surface area contributed by atoms with Gasteiger partial charge in [-0.1, -0.05) is 6.92 Å². The first-order valence-corrected chi connectivity index (χ1v) is 4.73. The Morgan fingerprint density at radius 1 is 1.46 bits per heavy atom. The van der Waals surface area contributed by atoms with Gasteiger partial charge in [0.15, 0.2) is 0 Å². The predicted molar refractivity (Wildman–Crippen MR) is 53.6 cm³/mol. The van der Waals surface area contributed by atoms with Gasteiger partial charge in [0, 0.05) is 12.1 Å². The largest absolute Gasteiger partial charge is 0.469 e. The van der Waals surface area contributed by atoms with E-state index in [-0.39, 0.29) is 17.4 Å². The first-order valence-electron chi connectivity index (χ1n) is 4.73. The van der Waals surface area contributed by atoms with Gasteiger partial charge >= 0.3 is 5.97 Å². The van der Waals surface area contributed by atoms with Gasteiger partial charge in [-0.25, -0.2) is 0 Å². The second-order valence-corrected chi connectivity index (χ2v) is 4.26. The maximum absolute atomic E-state index is 11.2. The van der Waals surface area contributed by atoms with E-state index < -0.39 is 0 Å². The summed E-state index contributed by atoms with van der Waals surface area (Å²) in [5.74, 6) is -0.150. The maximum Gasteiger partial charge on any atom is 0.309 e. The second kappa shape index (κ2) is 5.22. The molecule has 0 aliphatic rings. The zero-order valence-electron chi connectivity index (χ0n) is 9.31. The van der Waals surface area contributed by atoms with E-state index in [0.717, 1.165) is 6.42 Å². The quantitative estimate of drug-likeness (QED) is 0.679. The van der Waals surface area contributed by atoms with Gasteiger partial charge in [0.05, 0.1) is 13.0 Å². The summed E-state index contributed by atoms with van der Waals surface area (Å²) >= 11 is 0. The average Bonchev–Trinajstić information content (AvgIpc) is 2.03. The molecule has 0 heterocycles. The molecule has 0 spiro atoms. The van der Waals surface area contributed by atoms with Gasteiger partial charge in [-0.15, -0.1) is 0 Å². The van der Waals surface area contributed by atoms with Crippen molar-refractivity contribution in [3.8, 4) is 0 Å². The standard InChI is InChI=1S/C10H21NO2/c1-6-8(9(12)13-5)7-11-10(2,3)4/h8,11H,6-7H2,1-5H3. The summed E-state index contributed by atoms with van der Waals surface area (Å²) in [6.07, 6.45) is 0.815. The van der Waals surface area contributed by atoms with Gasteiger partial charge in [0.1, 0.15) is 0 Å². The summed E-state index contributed by atoms with van der Waals surface area (Å²) in [6.45, 7) is 8.92. The molecule has 0 fully saturated rings. The summed E-state index contributed by atoms with van der Waals surface area (Å²) in [5, 5.41) is 3.29. The van der Waals surface area contributed by atoms with Crippen LogP contribution >= 0.6 is 0 Å². The minimum absolute atomic E-state index is 0.0239. The Hall–Kier alpha value is -0.570. The van der Waals surface area contributed by atoms with E-state index in [9.17, 15) is 4.79 Å². The van der Waals surface area contributed by atoms with E-state index in [1.807, 2.05) is 6.92 Å². The molecule has 0 saturated heterocycles. The van der Waals surface area contributed by atoms with Crippen LogP contribution in [0.2, 0.25) is 0 Å². The van der Waals surface area contributed by atoms with E-state index in [0.29, 0.717) is 6.54 Å². The van der Waals surface area contributed by atoms with Crippen LogP contribution in [0.3, 0.4) is 0 Å². The highest BCUT2D eigenvalue weighted by molar-refractivity contribution is 5.72. The number of rotatable bonds is 4.